The molecule has 8 nitrogen and oxygen atoms in total. The van der Waals surface area contributed by atoms with E-state index < -0.39 is 12.0 Å². The van der Waals surface area contributed by atoms with Crippen molar-refractivity contribution in [1.82, 2.24) is 14.8 Å². The molecule has 230 valence electrons. The fraction of sp³-hybridized carbons (Fsp3) is 0.303. The molecule has 11 heteroatoms. The zero-order chi connectivity index (χ0) is 31.5. The van der Waals surface area contributed by atoms with Gasteiger partial charge in [-0.25, -0.2) is 9.48 Å². The Hall–Kier alpha value is -3.47. The number of ether oxygens (including phenoxy) is 3. The number of thioether (sulfide) groups is 1. The Balaban J connectivity index is 1.52. The summed E-state index contributed by atoms with van der Waals surface area (Å²) in [4.78, 5) is 17.9. The van der Waals surface area contributed by atoms with Crippen LogP contribution in [-0.2, 0) is 21.9 Å². The number of allylic oxidation sites excluding steroid dienone is 1. The normalized spacial score (nSPS) is 14.2. The monoisotopic (exact) mass is 696 g/mol. The van der Waals surface area contributed by atoms with Gasteiger partial charge in [-0.05, 0) is 102 Å². The maximum atomic E-state index is 13.2. The van der Waals surface area contributed by atoms with Crippen LogP contribution in [0.25, 0.3) is 0 Å². The van der Waals surface area contributed by atoms with Crippen molar-refractivity contribution < 1.29 is 19.0 Å². The summed E-state index contributed by atoms with van der Waals surface area (Å²) in [5, 5.41) is 9.29. The van der Waals surface area contributed by atoms with Crippen LogP contribution < -0.4 is 14.8 Å². The minimum absolute atomic E-state index is 0.379. The van der Waals surface area contributed by atoms with E-state index in [9.17, 15) is 4.79 Å². The Kier molecular flexibility index (Phi) is 9.92. The predicted octanol–water partition coefficient (Wildman–Crippen LogP) is 8.35. The van der Waals surface area contributed by atoms with Gasteiger partial charge < -0.3 is 19.5 Å². The van der Waals surface area contributed by atoms with Gasteiger partial charge in [0.1, 0.15) is 12.6 Å². The summed E-state index contributed by atoms with van der Waals surface area (Å²) >= 11 is 11.6. The smallest absolute Gasteiger partial charge is 0.338 e. The van der Waals surface area contributed by atoms with Gasteiger partial charge in [-0.1, -0.05) is 53.7 Å². The lowest BCUT2D eigenvalue weighted by Gasteiger charge is -2.28. The Morgan fingerprint density at radius 3 is 2.52 bits per heavy atom. The molecule has 0 saturated heterocycles. The molecule has 0 saturated carbocycles. The number of nitrogens with zero attached hydrogens (tertiary/aromatic N) is 3. The first kappa shape index (κ1) is 31.9. The first-order chi connectivity index (χ1) is 21.1. The predicted molar refractivity (Wildman–Crippen MR) is 178 cm³/mol. The molecular weight excluding hydrogens is 664 g/mol. The number of aryl methyl sites for hydroxylation is 3. The molecule has 44 heavy (non-hydrogen) atoms. The summed E-state index contributed by atoms with van der Waals surface area (Å²) < 4.78 is 20.1. The maximum absolute atomic E-state index is 13.2. The van der Waals surface area contributed by atoms with Crippen LogP contribution in [0.1, 0.15) is 53.3 Å². The van der Waals surface area contributed by atoms with Crippen molar-refractivity contribution in [3.63, 3.8) is 0 Å². The fourth-order valence-corrected chi connectivity index (χ4v) is 6.80. The second-order valence-electron chi connectivity index (χ2n) is 10.5. The fourth-order valence-electron chi connectivity index (χ4n) is 5.11. The number of aromatic nitrogens is 3. The number of halogens is 2. The van der Waals surface area contributed by atoms with Crippen LogP contribution in [-0.4, -0.2) is 34.5 Å². The molecular formula is C33H34BrClN4O4S. The number of rotatable bonds is 10. The van der Waals surface area contributed by atoms with Crippen LogP contribution in [0.2, 0.25) is 5.02 Å². The molecule has 0 fully saturated rings. The number of esters is 1. The van der Waals surface area contributed by atoms with E-state index in [0.29, 0.717) is 62.3 Å². The third kappa shape index (κ3) is 6.62. The standard InChI is InChI=1S/C33H34BrClN4O4S/c1-7-42-27-15-23(14-25(34)30(27)43-16-24-13-19(3)18(2)12-20(24)4)29-28(31(40)41-6)21(5)36-32-37-33(38-39(29)32)44-17-22-10-8-9-11-26(22)35/h8-15,29H,7,16-17H2,1-6H3,(H,36,37,38). The van der Waals surface area contributed by atoms with Gasteiger partial charge in [-0.3, -0.25) is 0 Å². The molecule has 1 aliphatic heterocycles. The van der Waals surface area contributed by atoms with E-state index in [1.807, 2.05) is 50.2 Å². The summed E-state index contributed by atoms with van der Waals surface area (Å²) in [6, 6.07) is 15.2. The van der Waals surface area contributed by atoms with Crippen molar-refractivity contribution in [2.24, 2.45) is 0 Å². The summed E-state index contributed by atoms with van der Waals surface area (Å²) in [5.41, 5.74) is 7.51. The van der Waals surface area contributed by atoms with E-state index in [-0.39, 0.29) is 0 Å². The van der Waals surface area contributed by atoms with Crippen molar-refractivity contribution >= 4 is 51.2 Å². The third-order valence-corrected chi connectivity index (χ3v) is 9.37. The van der Waals surface area contributed by atoms with Gasteiger partial charge in [0.2, 0.25) is 11.1 Å². The van der Waals surface area contributed by atoms with Crippen LogP contribution in [0.5, 0.6) is 11.5 Å². The van der Waals surface area contributed by atoms with Crippen molar-refractivity contribution in [3.05, 3.63) is 103 Å². The molecule has 0 aliphatic carbocycles. The zero-order valence-corrected chi connectivity index (χ0v) is 28.6. The lowest BCUT2D eigenvalue weighted by molar-refractivity contribution is -0.136. The number of nitrogens with one attached hydrogen (secondary N) is 1. The molecule has 0 bridgehead atoms. The van der Waals surface area contributed by atoms with E-state index >= 15 is 0 Å². The SMILES string of the molecule is CCOc1cc(C2C(C(=O)OC)=C(C)Nc3nc(SCc4ccccc4Cl)nn32)cc(Br)c1OCc1cc(C)c(C)cc1C. The van der Waals surface area contributed by atoms with Crippen LogP contribution >= 0.6 is 39.3 Å². The maximum Gasteiger partial charge on any atom is 0.338 e. The van der Waals surface area contributed by atoms with E-state index in [1.165, 1.54) is 35.6 Å². The topological polar surface area (TPSA) is 87.5 Å². The molecule has 1 unspecified atom stereocenters. The number of carbonyl (C=O) groups excluding carboxylic acids is 1. The number of hydrogen-bond acceptors (Lipinski definition) is 8. The zero-order valence-electron chi connectivity index (χ0n) is 25.5. The molecule has 0 amide bonds. The second-order valence-corrected chi connectivity index (χ2v) is 12.7. The first-order valence-electron chi connectivity index (χ1n) is 14.2. The Labute approximate surface area is 275 Å². The number of methoxy groups -OCH3 is 1. The quantitative estimate of drug-likeness (QED) is 0.131. The first-order valence-corrected chi connectivity index (χ1v) is 16.3. The van der Waals surface area contributed by atoms with Gasteiger partial charge >= 0.3 is 5.97 Å². The summed E-state index contributed by atoms with van der Waals surface area (Å²) in [7, 11) is 1.37. The van der Waals surface area contributed by atoms with Crippen molar-refractivity contribution in [2.75, 3.05) is 19.0 Å². The molecule has 3 aromatic carbocycles. The molecule has 1 aliphatic rings. The molecule has 1 N–H and O–H groups in total. The molecule has 0 radical (unpaired) electrons. The van der Waals surface area contributed by atoms with Crippen molar-refractivity contribution in [1.29, 1.82) is 0 Å². The number of hydrogen-bond donors (Lipinski definition) is 1. The van der Waals surface area contributed by atoms with Gasteiger partial charge in [-0.2, -0.15) is 4.98 Å². The van der Waals surface area contributed by atoms with Gasteiger partial charge in [0.15, 0.2) is 11.5 Å². The van der Waals surface area contributed by atoms with E-state index in [4.69, 9.17) is 35.9 Å². The van der Waals surface area contributed by atoms with Gasteiger partial charge in [0.25, 0.3) is 0 Å². The average Bonchev–Trinajstić information content (AvgIpc) is 3.40. The third-order valence-electron chi connectivity index (χ3n) is 7.52. The van der Waals surface area contributed by atoms with Crippen molar-refractivity contribution in [2.45, 2.75) is 58.2 Å². The highest BCUT2D eigenvalue weighted by atomic mass is 79.9. The van der Waals surface area contributed by atoms with Crippen LogP contribution in [0.15, 0.2) is 69.4 Å². The number of anilines is 1. The van der Waals surface area contributed by atoms with Gasteiger partial charge in [0, 0.05) is 16.5 Å². The van der Waals surface area contributed by atoms with Crippen LogP contribution in [0.4, 0.5) is 5.95 Å². The molecule has 2 heterocycles. The second kappa shape index (κ2) is 13.7. The van der Waals surface area contributed by atoms with Gasteiger partial charge in [-0.15, -0.1) is 5.10 Å². The minimum Gasteiger partial charge on any atom is -0.490 e. The van der Waals surface area contributed by atoms with Gasteiger partial charge in [0.05, 0.1) is 23.8 Å². The molecule has 0 spiro atoms. The number of carbonyl (C=O) groups is 1. The van der Waals surface area contributed by atoms with Crippen LogP contribution in [0, 0.1) is 20.8 Å². The van der Waals surface area contributed by atoms with E-state index in [1.54, 1.807) is 4.68 Å². The average molecular weight is 698 g/mol. The summed E-state index contributed by atoms with van der Waals surface area (Å²) in [6.07, 6.45) is 0. The molecule has 1 atom stereocenters. The highest BCUT2D eigenvalue weighted by Crippen LogP contribution is 2.44. The summed E-state index contributed by atoms with van der Waals surface area (Å²) in [6.45, 7) is 10.8. The Bertz CT molecular complexity index is 1760. The largest absolute Gasteiger partial charge is 0.490 e. The Morgan fingerprint density at radius 2 is 1.80 bits per heavy atom. The van der Waals surface area contributed by atoms with Crippen molar-refractivity contribution in [3.8, 4) is 11.5 Å². The molecule has 1 aromatic heterocycles. The summed E-state index contributed by atoms with van der Waals surface area (Å²) in [5.74, 6) is 1.77. The van der Waals surface area contributed by atoms with E-state index in [0.717, 1.165) is 16.7 Å². The highest BCUT2D eigenvalue weighted by molar-refractivity contribution is 9.10. The lowest BCUT2D eigenvalue weighted by atomic mass is 9.95. The van der Waals surface area contributed by atoms with Crippen LogP contribution in [0.3, 0.4) is 0 Å². The molecule has 4 aromatic rings. The lowest BCUT2D eigenvalue weighted by Crippen LogP contribution is -2.29. The minimum atomic E-state index is -0.632. The molecule has 5 rings (SSSR count). The number of fused-ring (bicyclic) bond motifs is 1. The van der Waals surface area contributed by atoms with E-state index in [2.05, 4.69) is 54.2 Å². The Morgan fingerprint density at radius 1 is 1.05 bits per heavy atom. The number of benzene rings is 3. The highest BCUT2D eigenvalue weighted by Gasteiger charge is 2.36.